The van der Waals surface area contributed by atoms with Gasteiger partial charge in [0.25, 0.3) is 0 Å². The molecule has 0 saturated carbocycles. The molecular formula is C20H24F2N4O. The quantitative estimate of drug-likeness (QED) is 0.604. The van der Waals surface area contributed by atoms with Crippen molar-refractivity contribution in [1.29, 1.82) is 0 Å². The molecule has 0 heterocycles. The van der Waals surface area contributed by atoms with E-state index in [1.54, 1.807) is 21.0 Å². The van der Waals surface area contributed by atoms with Crippen molar-refractivity contribution in [3.63, 3.8) is 0 Å². The van der Waals surface area contributed by atoms with E-state index in [2.05, 4.69) is 15.6 Å². The molecule has 0 aliphatic rings. The van der Waals surface area contributed by atoms with E-state index >= 15 is 0 Å². The second-order valence-electron chi connectivity index (χ2n) is 6.33. The van der Waals surface area contributed by atoms with E-state index in [0.29, 0.717) is 18.1 Å². The van der Waals surface area contributed by atoms with Crippen LogP contribution in [0.4, 0.5) is 8.78 Å². The minimum atomic E-state index is -0.903. The smallest absolute Gasteiger partial charge is 0.241 e. The summed E-state index contributed by atoms with van der Waals surface area (Å²) in [4.78, 5) is 17.8. The van der Waals surface area contributed by atoms with Gasteiger partial charge in [-0.2, -0.15) is 0 Å². The molecule has 0 radical (unpaired) electrons. The molecule has 1 amide bonds. The molecule has 2 aromatic rings. The summed E-state index contributed by atoms with van der Waals surface area (Å²) in [7, 11) is 3.34. The molecule has 0 aliphatic heterocycles. The van der Waals surface area contributed by atoms with Gasteiger partial charge in [0.15, 0.2) is 17.6 Å². The van der Waals surface area contributed by atoms with E-state index in [1.165, 1.54) is 11.0 Å². The van der Waals surface area contributed by atoms with Crippen LogP contribution in [0.3, 0.4) is 0 Å². The Hall–Kier alpha value is -2.96. The topological polar surface area (TPSA) is 56.7 Å². The highest BCUT2D eigenvalue weighted by molar-refractivity contribution is 5.86. The van der Waals surface area contributed by atoms with Crippen molar-refractivity contribution >= 4 is 11.9 Å². The molecule has 0 bridgehead atoms. The van der Waals surface area contributed by atoms with Gasteiger partial charge in [-0.3, -0.25) is 4.79 Å². The molecule has 2 rings (SSSR count). The van der Waals surface area contributed by atoms with E-state index in [4.69, 9.17) is 0 Å². The minimum Gasteiger partial charge on any atom is -0.350 e. The van der Waals surface area contributed by atoms with Crippen LogP contribution in [-0.4, -0.2) is 37.4 Å². The number of likely N-dealkylation sites (N-methyl/N-ethyl adjacent to an activating group) is 1. The summed E-state index contributed by atoms with van der Waals surface area (Å²) in [6, 6.07) is 13.1. The summed E-state index contributed by atoms with van der Waals surface area (Å²) < 4.78 is 26.6. The van der Waals surface area contributed by atoms with E-state index in [9.17, 15) is 13.6 Å². The number of hydrogen-bond donors (Lipinski definition) is 2. The average molecular weight is 374 g/mol. The average Bonchev–Trinajstić information content (AvgIpc) is 2.66. The first-order valence-corrected chi connectivity index (χ1v) is 8.60. The zero-order valence-corrected chi connectivity index (χ0v) is 15.7. The van der Waals surface area contributed by atoms with Gasteiger partial charge in [0.05, 0.1) is 19.1 Å². The minimum absolute atomic E-state index is 0.0676. The van der Waals surface area contributed by atoms with Gasteiger partial charge in [-0.1, -0.05) is 36.4 Å². The van der Waals surface area contributed by atoms with Gasteiger partial charge in [0, 0.05) is 14.1 Å². The predicted octanol–water partition coefficient (Wildman–Crippen LogP) is 2.85. The fraction of sp³-hybridized carbons (Fsp3) is 0.300. The van der Waals surface area contributed by atoms with Crippen LogP contribution in [0.1, 0.15) is 24.1 Å². The maximum Gasteiger partial charge on any atom is 0.241 e. The summed E-state index contributed by atoms with van der Waals surface area (Å²) in [6.07, 6.45) is 0. The van der Waals surface area contributed by atoms with Crippen molar-refractivity contribution < 1.29 is 13.6 Å². The zero-order valence-electron chi connectivity index (χ0n) is 15.7. The highest BCUT2D eigenvalue weighted by Crippen LogP contribution is 2.15. The van der Waals surface area contributed by atoms with E-state index in [1.807, 2.05) is 30.3 Å². The number of nitrogens with one attached hydrogen (secondary N) is 2. The third-order valence-electron chi connectivity index (χ3n) is 3.97. The summed E-state index contributed by atoms with van der Waals surface area (Å²) in [6.45, 7) is 2.29. The van der Waals surface area contributed by atoms with Gasteiger partial charge in [-0.05, 0) is 30.2 Å². The SMILES string of the molecule is CC(NC(=NCc1ccccc1)NCC(=O)N(C)C)c1ccc(F)c(F)c1. The molecule has 0 fully saturated rings. The fourth-order valence-corrected chi connectivity index (χ4v) is 2.29. The Morgan fingerprint density at radius 1 is 1.11 bits per heavy atom. The molecule has 1 unspecified atom stereocenters. The fourth-order valence-electron chi connectivity index (χ4n) is 2.29. The Labute approximate surface area is 158 Å². The molecule has 2 N–H and O–H groups in total. The third kappa shape index (κ3) is 6.36. The lowest BCUT2D eigenvalue weighted by Crippen LogP contribution is -2.43. The number of amides is 1. The molecular weight excluding hydrogens is 350 g/mol. The standard InChI is InChI=1S/C20H24F2N4O/c1-14(16-9-10-17(21)18(22)11-16)25-20(24-13-19(27)26(2)3)23-12-15-7-5-4-6-8-15/h4-11,14H,12-13H2,1-3H3,(H2,23,24,25). The van der Waals surface area contributed by atoms with Crippen LogP contribution in [0.2, 0.25) is 0 Å². The normalized spacial score (nSPS) is 12.4. The van der Waals surface area contributed by atoms with Crippen molar-refractivity contribution in [2.24, 2.45) is 4.99 Å². The highest BCUT2D eigenvalue weighted by Gasteiger charge is 2.12. The van der Waals surface area contributed by atoms with Crippen LogP contribution in [0.15, 0.2) is 53.5 Å². The molecule has 0 spiro atoms. The van der Waals surface area contributed by atoms with Gasteiger partial charge in [-0.15, -0.1) is 0 Å². The molecule has 7 heteroatoms. The Bertz CT molecular complexity index is 794. The number of nitrogens with zero attached hydrogens (tertiary/aromatic N) is 2. The van der Waals surface area contributed by atoms with Crippen molar-refractivity contribution in [1.82, 2.24) is 15.5 Å². The first-order valence-electron chi connectivity index (χ1n) is 8.60. The molecule has 27 heavy (non-hydrogen) atoms. The van der Waals surface area contributed by atoms with Crippen LogP contribution in [0, 0.1) is 11.6 Å². The summed E-state index contributed by atoms with van der Waals surface area (Å²) in [5, 5.41) is 6.10. The van der Waals surface area contributed by atoms with Gasteiger partial charge >= 0.3 is 0 Å². The molecule has 5 nitrogen and oxygen atoms in total. The molecule has 0 aliphatic carbocycles. The number of benzene rings is 2. The van der Waals surface area contributed by atoms with E-state index < -0.39 is 11.6 Å². The Balaban J connectivity index is 2.12. The maximum absolute atomic E-state index is 13.5. The number of carbonyl (C=O) groups excluding carboxylic acids is 1. The van der Waals surface area contributed by atoms with Gasteiger partial charge in [0.2, 0.25) is 5.91 Å². The van der Waals surface area contributed by atoms with Crippen LogP contribution >= 0.6 is 0 Å². The van der Waals surface area contributed by atoms with Crippen molar-refractivity contribution in [3.05, 3.63) is 71.3 Å². The maximum atomic E-state index is 13.5. The Morgan fingerprint density at radius 3 is 2.44 bits per heavy atom. The highest BCUT2D eigenvalue weighted by atomic mass is 19.2. The van der Waals surface area contributed by atoms with Gasteiger partial charge < -0.3 is 15.5 Å². The van der Waals surface area contributed by atoms with Crippen LogP contribution in [0.5, 0.6) is 0 Å². The second-order valence-corrected chi connectivity index (χ2v) is 6.33. The first-order chi connectivity index (χ1) is 12.9. The number of carbonyl (C=O) groups is 1. The van der Waals surface area contributed by atoms with Crippen LogP contribution in [-0.2, 0) is 11.3 Å². The molecule has 0 saturated heterocycles. The lowest BCUT2D eigenvalue weighted by atomic mass is 10.1. The van der Waals surface area contributed by atoms with Crippen molar-refractivity contribution in [2.75, 3.05) is 20.6 Å². The number of halogens is 2. The lowest BCUT2D eigenvalue weighted by Gasteiger charge is -2.19. The lowest BCUT2D eigenvalue weighted by molar-refractivity contribution is -0.127. The summed E-state index contributed by atoms with van der Waals surface area (Å²) in [5.41, 5.74) is 1.58. The van der Waals surface area contributed by atoms with E-state index in [-0.39, 0.29) is 18.5 Å². The molecule has 1 atom stereocenters. The van der Waals surface area contributed by atoms with Crippen LogP contribution < -0.4 is 10.6 Å². The number of aliphatic imine (C=N–C) groups is 1. The third-order valence-corrected chi connectivity index (χ3v) is 3.97. The van der Waals surface area contributed by atoms with E-state index in [0.717, 1.165) is 17.7 Å². The number of rotatable bonds is 6. The monoisotopic (exact) mass is 374 g/mol. The Morgan fingerprint density at radius 2 is 1.81 bits per heavy atom. The summed E-state index contributed by atoms with van der Waals surface area (Å²) >= 11 is 0. The Kier molecular flexibility index (Phi) is 7.28. The predicted molar refractivity (Wildman–Crippen MR) is 102 cm³/mol. The largest absolute Gasteiger partial charge is 0.350 e. The van der Waals surface area contributed by atoms with Crippen molar-refractivity contribution in [3.8, 4) is 0 Å². The molecule has 2 aromatic carbocycles. The number of hydrogen-bond acceptors (Lipinski definition) is 2. The molecule has 0 aromatic heterocycles. The molecule has 144 valence electrons. The van der Waals surface area contributed by atoms with Gasteiger partial charge in [-0.25, -0.2) is 13.8 Å². The second kappa shape index (κ2) is 9.66. The first kappa shape index (κ1) is 20.4. The summed E-state index contributed by atoms with van der Waals surface area (Å²) in [5.74, 6) is -1.49. The van der Waals surface area contributed by atoms with Gasteiger partial charge in [0.1, 0.15) is 0 Å². The van der Waals surface area contributed by atoms with Crippen molar-refractivity contribution in [2.45, 2.75) is 19.5 Å². The number of guanidine groups is 1. The zero-order chi connectivity index (χ0) is 19.8. The van der Waals surface area contributed by atoms with Crippen LogP contribution in [0.25, 0.3) is 0 Å².